The van der Waals surface area contributed by atoms with E-state index in [1.807, 2.05) is 36.8 Å². The third-order valence-electron chi connectivity index (χ3n) is 7.57. The van der Waals surface area contributed by atoms with Crippen molar-refractivity contribution in [1.29, 1.82) is 0 Å². The minimum absolute atomic E-state index is 0.125. The fraction of sp³-hybridized carbons (Fsp3) is 0.731. The Kier molecular flexibility index (Phi) is 6.70. The normalized spacial score (nSPS) is 27.4. The van der Waals surface area contributed by atoms with E-state index in [0.29, 0.717) is 19.1 Å². The van der Waals surface area contributed by atoms with Crippen LogP contribution in [0.2, 0.25) is 0 Å². The molecule has 3 aliphatic rings. The summed E-state index contributed by atoms with van der Waals surface area (Å²) in [7, 11) is 0. The molecule has 9 heteroatoms. The van der Waals surface area contributed by atoms with E-state index in [2.05, 4.69) is 41.3 Å². The largest absolute Gasteiger partial charge is 0.444 e. The fourth-order valence-electron chi connectivity index (χ4n) is 5.73. The lowest BCUT2D eigenvalue weighted by molar-refractivity contribution is -0.112. The quantitative estimate of drug-likeness (QED) is 0.613. The highest BCUT2D eigenvalue weighted by Crippen LogP contribution is 2.46. The number of piperidine rings is 1. The van der Waals surface area contributed by atoms with E-state index in [4.69, 9.17) is 9.47 Å². The van der Waals surface area contributed by atoms with E-state index >= 15 is 0 Å². The summed E-state index contributed by atoms with van der Waals surface area (Å²) in [5, 5.41) is 8.90. The van der Waals surface area contributed by atoms with Crippen molar-refractivity contribution in [1.82, 2.24) is 24.8 Å². The Labute approximate surface area is 212 Å². The molecule has 0 N–H and O–H groups in total. The van der Waals surface area contributed by atoms with Gasteiger partial charge >= 0.3 is 6.09 Å². The molecule has 2 saturated heterocycles. The molecule has 3 atom stereocenters. The molecule has 2 aromatic heterocycles. The number of amides is 1. The molecule has 0 bridgehead atoms. The Morgan fingerprint density at radius 2 is 2.17 bits per heavy atom. The standard InChI is InChI=1S/C26H39N5O3S/c1-6-21-13-22-23(35-21)8-12-33-26(22)9-11-29(18(2)14-26)15-19-16-31(28-27-19)20-7-10-30(17-20)24(32)34-25(3,4)5/h13,16,18,20H,6-12,14-15,17H2,1-5H3/t18-,20-,26+/m0/s1. The number of fused-ring (bicyclic) bond motifs is 2. The van der Waals surface area contributed by atoms with Crippen LogP contribution in [0, 0.1) is 0 Å². The van der Waals surface area contributed by atoms with Crippen LogP contribution >= 0.6 is 11.3 Å². The van der Waals surface area contributed by atoms with Crippen molar-refractivity contribution in [2.45, 2.75) is 96.6 Å². The predicted molar refractivity (Wildman–Crippen MR) is 136 cm³/mol. The molecule has 2 fully saturated rings. The lowest BCUT2D eigenvalue weighted by atomic mass is 9.79. The number of carbonyl (C=O) groups excluding carboxylic acids is 1. The Bertz CT molecular complexity index is 1060. The second kappa shape index (κ2) is 9.48. The minimum Gasteiger partial charge on any atom is -0.444 e. The van der Waals surface area contributed by atoms with Crippen LogP contribution in [0.5, 0.6) is 0 Å². The first-order valence-corrected chi connectivity index (χ1v) is 13.9. The van der Waals surface area contributed by atoms with Gasteiger partial charge in [-0.3, -0.25) is 4.90 Å². The van der Waals surface area contributed by atoms with Crippen molar-refractivity contribution >= 4 is 17.4 Å². The van der Waals surface area contributed by atoms with Gasteiger partial charge in [-0.05, 0) is 65.0 Å². The average molecular weight is 502 g/mol. The summed E-state index contributed by atoms with van der Waals surface area (Å²) in [6.45, 7) is 14.1. The highest BCUT2D eigenvalue weighted by Gasteiger charge is 2.44. The Morgan fingerprint density at radius 1 is 1.34 bits per heavy atom. The summed E-state index contributed by atoms with van der Waals surface area (Å²) in [5.74, 6) is 0. The van der Waals surface area contributed by atoms with Crippen molar-refractivity contribution in [3.8, 4) is 0 Å². The van der Waals surface area contributed by atoms with E-state index in [9.17, 15) is 4.79 Å². The van der Waals surface area contributed by atoms with Crippen LogP contribution in [0.25, 0.3) is 0 Å². The molecule has 192 valence electrons. The van der Waals surface area contributed by atoms with Crippen LogP contribution in [0.1, 0.15) is 80.9 Å². The van der Waals surface area contributed by atoms with Crippen molar-refractivity contribution in [3.05, 3.63) is 33.3 Å². The molecule has 35 heavy (non-hydrogen) atoms. The smallest absolute Gasteiger partial charge is 0.410 e. The Balaban J connectivity index is 1.19. The molecular formula is C26H39N5O3S. The Morgan fingerprint density at radius 3 is 2.91 bits per heavy atom. The SMILES string of the molecule is CCc1cc2c(s1)CCO[C@@]21CCN(Cc2cn([C@H]3CCN(C(=O)OC(C)(C)C)C3)nn2)[C@@H](C)C1. The van der Waals surface area contributed by atoms with Gasteiger partial charge in [-0.1, -0.05) is 12.1 Å². The lowest BCUT2D eigenvalue weighted by Gasteiger charge is -2.47. The molecule has 0 aromatic carbocycles. The average Bonchev–Trinajstić information content (AvgIpc) is 3.54. The molecular weight excluding hydrogens is 462 g/mol. The second-order valence-corrected chi connectivity index (χ2v) is 12.5. The van der Waals surface area contributed by atoms with Crippen molar-refractivity contribution in [2.75, 3.05) is 26.2 Å². The highest BCUT2D eigenvalue weighted by atomic mass is 32.1. The van der Waals surface area contributed by atoms with Gasteiger partial charge in [0.2, 0.25) is 0 Å². The van der Waals surface area contributed by atoms with Crippen LogP contribution in [-0.2, 0) is 34.5 Å². The number of thiophene rings is 1. The number of hydrogen-bond donors (Lipinski definition) is 0. The van der Waals surface area contributed by atoms with Gasteiger partial charge in [0.15, 0.2) is 0 Å². The van der Waals surface area contributed by atoms with Gasteiger partial charge in [0.05, 0.1) is 30.1 Å². The summed E-state index contributed by atoms with van der Waals surface area (Å²) in [6, 6.07) is 2.96. The van der Waals surface area contributed by atoms with Gasteiger partial charge in [0.1, 0.15) is 5.60 Å². The maximum absolute atomic E-state index is 12.4. The summed E-state index contributed by atoms with van der Waals surface area (Å²) in [4.78, 5) is 19.7. The maximum Gasteiger partial charge on any atom is 0.410 e. The molecule has 0 saturated carbocycles. The molecule has 1 spiro atoms. The van der Waals surface area contributed by atoms with Crippen LogP contribution in [0.4, 0.5) is 4.79 Å². The van der Waals surface area contributed by atoms with Crippen LogP contribution < -0.4 is 0 Å². The number of aromatic nitrogens is 3. The van der Waals surface area contributed by atoms with Crippen molar-refractivity contribution in [3.63, 3.8) is 0 Å². The lowest BCUT2D eigenvalue weighted by Crippen LogP contribution is -2.50. The van der Waals surface area contributed by atoms with Crippen molar-refractivity contribution < 1.29 is 14.3 Å². The number of aryl methyl sites for hydroxylation is 1. The topological polar surface area (TPSA) is 72.7 Å². The predicted octanol–water partition coefficient (Wildman–Crippen LogP) is 4.54. The van der Waals surface area contributed by atoms with E-state index in [1.54, 1.807) is 4.90 Å². The van der Waals surface area contributed by atoms with Gasteiger partial charge < -0.3 is 14.4 Å². The van der Waals surface area contributed by atoms with Gasteiger partial charge in [-0.2, -0.15) is 0 Å². The number of likely N-dealkylation sites (tertiary alicyclic amines) is 2. The van der Waals surface area contributed by atoms with Gasteiger partial charge in [-0.25, -0.2) is 9.48 Å². The summed E-state index contributed by atoms with van der Waals surface area (Å²) in [6.07, 6.45) is 6.86. The number of ether oxygens (including phenoxy) is 2. The zero-order chi connectivity index (χ0) is 24.8. The summed E-state index contributed by atoms with van der Waals surface area (Å²) >= 11 is 1.98. The number of carbonyl (C=O) groups is 1. The molecule has 3 aliphatic heterocycles. The number of hydrogen-bond acceptors (Lipinski definition) is 7. The first-order valence-electron chi connectivity index (χ1n) is 13.0. The number of rotatable bonds is 4. The molecule has 5 heterocycles. The molecule has 2 aromatic rings. The number of nitrogens with zero attached hydrogens (tertiary/aromatic N) is 5. The van der Waals surface area contributed by atoms with Crippen LogP contribution in [-0.4, -0.2) is 68.8 Å². The molecule has 5 rings (SSSR count). The van der Waals surface area contributed by atoms with Gasteiger partial charge in [0, 0.05) is 48.4 Å². The van der Waals surface area contributed by atoms with E-state index in [0.717, 1.165) is 57.5 Å². The molecule has 0 unspecified atom stereocenters. The van der Waals surface area contributed by atoms with Crippen LogP contribution in [0.3, 0.4) is 0 Å². The molecule has 0 radical (unpaired) electrons. The first-order chi connectivity index (χ1) is 16.7. The third-order valence-corrected chi connectivity index (χ3v) is 8.91. The molecule has 1 amide bonds. The Hall–Kier alpha value is -1.97. The summed E-state index contributed by atoms with van der Waals surface area (Å²) < 4.78 is 14.0. The van der Waals surface area contributed by atoms with E-state index < -0.39 is 5.60 Å². The molecule has 0 aliphatic carbocycles. The van der Waals surface area contributed by atoms with Gasteiger partial charge in [0.25, 0.3) is 0 Å². The molecule has 8 nitrogen and oxygen atoms in total. The highest BCUT2D eigenvalue weighted by molar-refractivity contribution is 7.12. The first kappa shape index (κ1) is 24.7. The third kappa shape index (κ3) is 5.13. The van der Waals surface area contributed by atoms with Crippen LogP contribution in [0.15, 0.2) is 12.3 Å². The van der Waals surface area contributed by atoms with E-state index in [-0.39, 0.29) is 17.7 Å². The van der Waals surface area contributed by atoms with E-state index in [1.165, 1.54) is 15.3 Å². The maximum atomic E-state index is 12.4. The summed E-state index contributed by atoms with van der Waals surface area (Å²) in [5.41, 5.74) is 1.84. The van der Waals surface area contributed by atoms with Crippen molar-refractivity contribution in [2.24, 2.45) is 0 Å². The zero-order valence-corrected chi connectivity index (χ0v) is 22.6. The zero-order valence-electron chi connectivity index (χ0n) is 21.7. The minimum atomic E-state index is -0.481. The fourth-order valence-corrected chi connectivity index (χ4v) is 6.91. The monoisotopic (exact) mass is 501 g/mol. The second-order valence-electron chi connectivity index (χ2n) is 11.3. The van der Waals surface area contributed by atoms with Gasteiger partial charge in [-0.15, -0.1) is 16.4 Å².